The van der Waals surface area contributed by atoms with Crippen molar-refractivity contribution in [2.75, 3.05) is 13.2 Å². The standard InChI is InChI=1S/C18H27NO2/c1-4-10-19-18(16-8-6-11-20-13-16)15-7-5-9-17(12-15)21-14(2)3/h5,7,9,12-14,18-19H,4,6,8,10-11H2,1-3H3. The lowest BCUT2D eigenvalue weighted by atomic mass is 9.95. The monoisotopic (exact) mass is 289 g/mol. The number of ether oxygens (including phenoxy) is 2. The van der Waals surface area contributed by atoms with Gasteiger partial charge in [-0.25, -0.2) is 0 Å². The zero-order valence-corrected chi connectivity index (χ0v) is 13.4. The summed E-state index contributed by atoms with van der Waals surface area (Å²) in [4.78, 5) is 0. The number of rotatable bonds is 7. The summed E-state index contributed by atoms with van der Waals surface area (Å²) < 4.78 is 11.3. The lowest BCUT2D eigenvalue weighted by Gasteiger charge is -2.25. The summed E-state index contributed by atoms with van der Waals surface area (Å²) in [7, 11) is 0. The van der Waals surface area contributed by atoms with Gasteiger partial charge >= 0.3 is 0 Å². The van der Waals surface area contributed by atoms with Gasteiger partial charge in [-0.2, -0.15) is 0 Å². The Hall–Kier alpha value is -1.48. The molecule has 21 heavy (non-hydrogen) atoms. The molecule has 1 aromatic rings. The van der Waals surface area contributed by atoms with Crippen molar-refractivity contribution in [2.24, 2.45) is 0 Å². The minimum absolute atomic E-state index is 0.194. The zero-order chi connectivity index (χ0) is 15.1. The smallest absolute Gasteiger partial charge is 0.120 e. The molecule has 1 heterocycles. The first-order chi connectivity index (χ1) is 10.2. The first kappa shape index (κ1) is 15.9. The molecule has 0 radical (unpaired) electrons. The largest absolute Gasteiger partial charge is 0.501 e. The predicted molar refractivity (Wildman–Crippen MR) is 86.5 cm³/mol. The zero-order valence-electron chi connectivity index (χ0n) is 13.4. The van der Waals surface area contributed by atoms with Crippen LogP contribution in [0, 0.1) is 0 Å². The Balaban J connectivity index is 2.20. The molecule has 1 atom stereocenters. The van der Waals surface area contributed by atoms with Gasteiger partial charge in [-0.1, -0.05) is 19.1 Å². The second kappa shape index (κ2) is 8.08. The number of hydrogen-bond donors (Lipinski definition) is 1. The van der Waals surface area contributed by atoms with Gasteiger partial charge in [0.2, 0.25) is 0 Å². The molecule has 0 saturated heterocycles. The highest BCUT2D eigenvalue weighted by Gasteiger charge is 2.19. The van der Waals surface area contributed by atoms with Crippen molar-refractivity contribution in [2.45, 2.75) is 52.2 Å². The fraction of sp³-hybridized carbons (Fsp3) is 0.556. The average molecular weight is 289 g/mol. The van der Waals surface area contributed by atoms with E-state index in [2.05, 4.69) is 44.3 Å². The van der Waals surface area contributed by atoms with Crippen LogP contribution in [-0.4, -0.2) is 19.3 Å². The molecule has 1 aliphatic rings. The van der Waals surface area contributed by atoms with Gasteiger partial charge in [-0.15, -0.1) is 0 Å². The number of nitrogens with one attached hydrogen (secondary N) is 1. The van der Waals surface area contributed by atoms with Crippen molar-refractivity contribution in [3.8, 4) is 5.75 Å². The third-order valence-electron chi connectivity index (χ3n) is 3.49. The van der Waals surface area contributed by atoms with Crippen molar-refractivity contribution in [3.63, 3.8) is 0 Å². The minimum Gasteiger partial charge on any atom is -0.501 e. The van der Waals surface area contributed by atoms with Crippen LogP contribution >= 0.6 is 0 Å². The van der Waals surface area contributed by atoms with Gasteiger partial charge in [0, 0.05) is 0 Å². The first-order valence-corrected chi connectivity index (χ1v) is 8.01. The summed E-state index contributed by atoms with van der Waals surface area (Å²) in [5.41, 5.74) is 2.58. The van der Waals surface area contributed by atoms with Crippen LogP contribution in [-0.2, 0) is 4.74 Å². The molecule has 1 N–H and O–H groups in total. The van der Waals surface area contributed by atoms with Crippen LogP contribution in [0.4, 0.5) is 0 Å². The van der Waals surface area contributed by atoms with E-state index in [1.165, 1.54) is 11.1 Å². The minimum atomic E-state index is 0.194. The first-order valence-electron chi connectivity index (χ1n) is 8.01. The molecule has 0 amide bonds. The van der Waals surface area contributed by atoms with Crippen molar-refractivity contribution in [1.82, 2.24) is 5.32 Å². The molecule has 1 unspecified atom stereocenters. The van der Waals surface area contributed by atoms with E-state index in [0.717, 1.165) is 38.2 Å². The Morgan fingerprint density at radius 1 is 1.33 bits per heavy atom. The Labute approximate surface area is 128 Å². The molecular weight excluding hydrogens is 262 g/mol. The molecule has 2 rings (SSSR count). The molecule has 0 bridgehead atoms. The SMILES string of the molecule is CCCNC(C1=COCCC1)c1cccc(OC(C)C)c1. The topological polar surface area (TPSA) is 30.5 Å². The quantitative estimate of drug-likeness (QED) is 0.815. The van der Waals surface area contributed by atoms with E-state index in [4.69, 9.17) is 9.47 Å². The summed E-state index contributed by atoms with van der Waals surface area (Å²) in [6.45, 7) is 8.12. The van der Waals surface area contributed by atoms with E-state index in [0.29, 0.717) is 0 Å². The van der Waals surface area contributed by atoms with Gasteiger partial charge in [-0.05, 0) is 62.9 Å². The Morgan fingerprint density at radius 2 is 2.19 bits per heavy atom. The average Bonchev–Trinajstić information content (AvgIpc) is 2.48. The van der Waals surface area contributed by atoms with E-state index in [9.17, 15) is 0 Å². The van der Waals surface area contributed by atoms with E-state index in [-0.39, 0.29) is 12.1 Å². The van der Waals surface area contributed by atoms with Crippen LogP contribution in [0.15, 0.2) is 36.1 Å². The van der Waals surface area contributed by atoms with Crippen LogP contribution in [0.2, 0.25) is 0 Å². The molecule has 0 spiro atoms. The molecule has 0 fully saturated rings. The lowest BCUT2D eigenvalue weighted by molar-refractivity contribution is 0.219. The van der Waals surface area contributed by atoms with Crippen LogP contribution in [0.25, 0.3) is 0 Å². The summed E-state index contributed by atoms with van der Waals surface area (Å²) in [6, 6.07) is 8.61. The van der Waals surface area contributed by atoms with Crippen LogP contribution < -0.4 is 10.1 Å². The van der Waals surface area contributed by atoms with Gasteiger partial charge in [0.25, 0.3) is 0 Å². The van der Waals surface area contributed by atoms with E-state index in [1.54, 1.807) is 0 Å². The van der Waals surface area contributed by atoms with Crippen molar-refractivity contribution < 1.29 is 9.47 Å². The molecule has 0 aromatic heterocycles. The maximum absolute atomic E-state index is 5.82. The third kappa shape index (κ3) is 4.78. The van der Waals surface area contributed by atoms with E-state index >= 15 is 0 Å². The maximum Gasteiger partial charge on any atom is 0.120 e. The van der Waals surface area contributed by atoms with Gasteiger partial charge in [0.15, 0.2) is 0 Å². The van der Waals surface area contributed by atoms with Gasteiger partial charge < -0.3 is 14.8 Å². The predicted octanol–water partition coefficient (Wildman–Crippen LogP) is 4.21. The summed E-state index contributed by atoms with van der Waals surface area (Å²) in [5, 5.41) is 3.63. The summed E-state index contributed by atoms with van der Waals surface area (Å²) >= 11 is 0. The number of benzene rings is 1. The van der Waals surface area contributed by atoms with Crippen molar-refractivity contribution in [3.05, 3.63) is 41.7 Å². The molecule has 3 heteroatoms. The Kier molecular flexibility index (Phi) is 6.12. The molecular formula is C18H27NO2. The highest BCUT2D eigenvalue weighted by atomic mass is 16.5. The fourth-order valence-corrected chi connectivity index (χ4v) is 2.59. The third-order valence-corrected chi connectivity index (χ3v) is 3.49. The van der Waals surface area contributed by atoms with Crippen LogP contribution in [0.3, 0.4) is 0 Å². The lowest BCUT2D eigenvalue weighted by Crippen LogP contribution is -2.25. The normalized spacial score (nSPS) is 16.3. The van der Waals surface area contributed by atoms with Gasteiger partial charge in [-0.3, -0.25) is 0 Å². The second-order valence-electron chi connectivity index (χ2n) is 5.79. The highest BCUT2D eigenvalue weighted by molar-refractivity contribution is 5.35. The van der Waals surface area contributed by atoms with E-state index in [1.807, 2.05) is 12.3 Å². The fourth-order valence-electron chi connectivity index (χ4n) is 2.59. The van der Waals surface area contributed by atoms with Crippen LogP contribution in [0.5, 0.6) is 5.75 Å². The molecule has 116 valence electrons. The molecule has 1 aromatic carbocycles. The molecule has 3 nitrogen and oxygen atoms in total. The Morgan fingerprint density at radius 3 is 2.86 bits per heavy atom. The van der Waals surface area contributed by atoms with Crippen molar-refractivity contribution in [1.29, 1.82) is 0 Å². The van der Waals surface area contributed by atoms with Crippen LogP contribution in [0.1, 0.15) is 51.6 Å². The molecule has 0 aliphatic carbocycles. The van der Waals surface area contributed by atoms with Crippen molar-refractivity contribution >= 4 is 0 Å². The number of hydrogen-bond acceptors (Lipinski definition) is 3. The van der Waals surface area contributed by atoms with Gasteiger partial charge in [0.1, 0.15) is 5.75 Å². The second-order valence-corrected chi connectivity index (χ2v) is 5.79. The Bertz CT molecular complexity index is 468. The summed E-state index contributed by atoms with van der Waals surface area (Å²) in [5.74, 6) is 0.933. The van der Waals surface area contributed by atoms with Gasteiger partial charge in [0.05, 0.1) is 25.0 Å². The molecule has 0 saturated carbocycles. The molecule has 1 aliphatic heterocycles. The van der Waals surface area contributed by atoms with E-state index < -0.39 is 0 Å². The highest BCUT2D eigenvalue weighted by Crippen LogP contribution is 2.29. The maximum atomic E-state index is 5.82. The summed E-state index contributed by atoms with van der Waals surface area (Å²) in [6.07, 6.45) is 5.44.